The lowest BCUT2D eigenvalue weighted by atomic mass is 10.0. The summed E-state index contributed by atoms with van der Waals surface area (Å²) < 4.78 is 6.91. The Morgan fingerprint density at radius 1 is 1.43 bits per heavy atom. The van der Waals surface area contributed by atoms with Gasteiger partial charge in [0.05, 0.1) is 23.7 Å². The third-order valence-electron chi connectivity index (χ3n) is 3.65. The van der Waals surface area contributed by atoms with Crippen molar-refractivity contribution >= 4 is 16.7 Å². The van der Waals surface area contributed by atoms with Crippen molar-refractivity contribution in [3.63, 3.8) is 0 Å². The lowest BCUT2D eigenvalue weighted by Gasteiger charge is -2.09. The zero-order valence-corrected chi connectivity index (χ0v) is 12.7. The van der Waals surface area contributed by atoms with Gasteiger partial charge in [-0.1, -0.05) is 18.2 Å². The van der Waals surface area contributed by atoms with E-state index in [1.807, 2.05) is 35.9 Å². The van der Waals surface area contributed by atoms with Crippen molar-refractivity contribution in [1.29, 1.82) is 0 Å². The zero-order chi connectivity index (χ0) is 15.2. The quantitative estimate of drug-likeness (QED) is 0.754. The van der Waals surface area contributed by atoms with Gasteiger partial charge in [0.15, 0.2) is 5.78 Å². The van der Waals surface area contributed by atoms with Gasteiger partial charge in [-0.25, -0.2) is 0 Å². The molecular weight excluding hydrogens is 266 g/mol. The number of carbonyl (C=O) groups is 1. The summed E-state index contributed by atoms with van der Waals surface area (Å²) in [5, 5.41) is 5.58. The van der Waals surface area contributed by atoms with Crippen molar-refractivity contribution < 1.29 is 9.53 Å². The number of carbonyl (C=O) groups excluding carboxylic acids is 1. The van der Waals surface area contributed by atoms with Gasteiger partial charge >= 0.3 is 0 Å². The van der Waals surface area contributed by atoms with Gasteiger partial charge in [-0.05, 0) is 25.8 Å². The molecule has 0 bridgehead atoms. The maximum Gasteiger partial charge on any atom is 0.155 e. The number of Topliss-reactive ketones (excluding diaryl/α,β-unsaturated/α-hetero) is 1. The van der Waals surface area contributed by atoms with Gasteiger partial charge in [0.25, 0.3) is 0 Å². The summed E-state index contributed by atoms with van der Waals surface area (Å²) in [7, 11) is 1.65. The third kappa shape index (κ3) is 3.68. The van der Waals surface area contributed by atoms with Crippen molar-refractivity contribution in [2.24, 2.45) is 5.73 Å². The van der Waals surface area contributed by atoms with Gasteiger partial charge in [0.2, 0.25) is 0 Å². The molecule has 0 aliphatic heterocycles. The highest BCUT2D eigenvalue weighted by molar-refractivity contribution is 5.91. The molecule has 2 N–H and O–H groups in total. The Hall–Kier alpha value is -1.72. The average Bonchev–Trinajstić information content (AvgIpc) is 2.85. The molecule has 2 rings (SSSR count). The Morgan fingerprint density at radius 3 is 2.90 bits per heavy atom. The van der Waals surface area contributed by atoms with Crippen molar-refractivity contribution in [2.75, 3.05) is 13.7 Å². The lowest BCUT2D eigenvalue weighted by Crippen LogP contribution is -2.32. The predicted molar refractivity (Wildman–Crippen MR) is 83.2 cm³/mol. The number of hydrogen-bond donors (Lipinski definition) is 1. The Morgan fingerprint density at radius 2 is 2.19 bits per heavy atom. The zero-order valence-electron chi connectivity index (χ0n) is 12.7. The number of hydrogen-bond acceptors (Lipinski definition) is 4. The summed E-state index contributed by atoms with van der Waals surface area (Å²) in [6.07, 6.45) is 1.74. The molecule has 1 heterocycles. The molecule has 0 amide bonds. The first-order valence-electron chi connectivity index (χ1n) is 7.39. The first-order chi connectivity index (χ1) is 10.2. The van der Waals surface area contributed by atoms with Crippen LogP contribution in [-0.4, -0.2) is 35.3 Å². The minimum absolute atomic E-state index is 0.0395. The van der Waals surface area contributed by atoms with Gasteiger partial charge in [0, 0.05) is 25.6 Å². The number of aryl methyl sites for hydroxylation is 1. The molecule has 1 atom stereocenters. The van der Waals surface area contributed by atoms with Crippen LogP contribution in [0.5, 0.6) is 0 Å². The van der Waals surface area contributed by atoms with Crippen LogP contribution in [0, 0.1) is 0 Å². The molecule has 0 fully saturated rings. The van der Waals surface area contributed by atoms with Crippen LogP contribution in [0.4, 0.5) is 0 Å². The van der Waals surface area contributed by atoms with E-state index in [4.69, 9.17) is 10.5 Å². The van der Waals surface area contributed by atoms with Crippen LogP contribution in [0.15, 0.2) is 24.3 Å². The summed E-state index contributed by atoms with van der Waals surface area (Å²) in [4.78, 5) is 12.2. The van der Waals surface area contributed by atoms with Gasteiger partial charge in [-0.2, -0.15) is 5.10 Å². The lowest BCUT2D eigenvalue weighted by molar-refractivity contribution is -0.119. The van der Waals surface area contributed by atoms with Crippen LogP contribution in [0.1, 0.15) is 25.5 Å². The van der Waals surface area contributed by atoms with Gasteiger partial charge < -0.3 is 10.5 Å². The molecule has 0 spiro atoms. The molecular formula is C16H23N3O2. The first kappa shape index (κ1) is 15.7. The fourth-order valence-electron chi connectivity index (χ4n) is 2.47. The molecule has 0 aliphatic rings. The van der Waals surface area contributed by atoms with E-state index in [1.165, 1.54) is 0 Å². The van der Waals surface area contributed by atoms with Crippen LogP contribution in [0.3, 0.4) is 0 Å². The molecule has 0 saturated heterocycles. The second kappa shape index (κ2) is 7.33. The van der Waals surface area contributed by atoms with Crippen molar-refractivity contribution in [1.82, 2.24) is 9.78 Å². The molecule has 1 unspecified atom stereocenters. The molecule has 0 saturated carbocycles. The highest BCUT2D eigenvalue weighted by atomic mass is 16.5. The van der Waals surface area contributed by atoms with Crippen molar-refractivity contribution in [3.8, 4) is 0 Å². The molecule has 2 aromatic rings. The topological polar surface area (TPSA) is 70.1 Å². The van der Waals surface area contributed by atoms with E-state index in [0.717, 1.165) is 29.6 Å². The molecule has 1 aromatic carbocycles. The van der Waals surface area contributed by atoms with E-state index < -0.39 is 6.04 Å². The van der Waals surface area contributed by atoms with Crippen LogP contribution in [0.25, 0.3) is 10.9 Å². The number of fused-ring (bicyclic) bond motifs is 1. The maximum absolute atomic E-state index is 12.2. The number of nitrogens with zero attached hydrogens (tertiary/aromatic N) is 2. The molecule has 0 radical (unpaired) electrons. The normalized spacial score (nSPS) is 12.7. The number of ketones is 1. The summed E-state index contributed by atoms with van der Waals surface area (Å²) in [6.45, 7) is 3.46. The highest BCUT2D eigenvalue weighted by Gasteiger charge is 2.17. The van der Waals surface area contributed by atoms with E-state index in [2.05, 4.69) is 5.10 Å². The van der Waals surface area contributed by atoms with Crippen LogP contribution >= 0.6 is 0 Å². The molecule has 5 heteroatoms. The van der Waals surface area contributed by atoms with E-state index in [1.54, 1.807) is 7.11 Å². The largest absolute Gasteiger partial charge is 0.385 e. The number of methoxy groups -OCH3 is 1. The summed E-state index contributed by atoms with van der Waals surface area (Å²) >= 11 is 0. The monoisotopic (exact) mass is 289 g/mol. The molecule has 21 heavy (non-hydrogen) atoms. The standard InChI is InChI=1S/C16H23N3O2/c1-3-19-15-9-5-4-7-12(15)14(18-19)11-16(20)13(17)8-6-10-21-2/h4-5,7,9,13H,3,6,8,10-11,17H2,1-2H3. The molecule has 5 nitrogen and oxygen atoms in total. The Labute approximate surface area is 125 Å². The summed E-state index contributed by atoms with van der Waals surface area (Å²) in [6, 6.07) is 7.55. The van der Waals surface area contributed by atoms with E-state index >= 15 is 0 Å². The van der Waals surface area contributed by atoms with Crippen LogP contribution in [-0.2, 0) is 22.5 Å². The van der Waals surface area contributed by atoms with Gasteiger partial charge in [0.1, 0.15) is 0 Å². The van der Waals surface area contributed by atoms with Crippen molar-refractivity contribution in [3.05, 3.63) is 30.0 Å². The highest BCUT2D eigenvalue weighted by Crippen LogP contribution is 2.19. The number of para-hydroxylation sites is 1. The minimum Gasteiger partial charge on any atom is -0.385 e. The average molecular weight is 289 g/mol. The van der Waals surface area contributed by atoms with E-state index in [-0.39, 0.29) is 5.78 Å². The number of aromatic nitrogens is 2. The fourth-order valence-corrected chi connectivity index (χ4v) is 2.47. The van der Waals surface area contributed by atoms with Gasteiger partial charge in [-0.3, -0.25) is 9.48 Å². The molecule has 0 aliphatic carbocycles. The van der Waals surface area contributed by atoms with Crippen molar-refractivity contribution in [2.45, 2.75) is 38.8 Å². The van der Waals surface area contributed by atoms with Crippen LogP contribution < -0.4 is 5.73 Å². The number of rotatable bonds is 8. The van der Waals surface area contributed by atoms with Gasteiger partial charge in [-0.15, -0.1) is 0 Å². The number of benzene rings is 1. The minimum atomic E-state index is -0.439. The van der Waals surface area contributed by atoms with Crippen LogP contribution in [0.2, 0.25) is 0 Å². The Kier molecular flexibility index (Phi) is 5.47. The Bertz CT molecular complexity index is 607. The van der Waals surface area contributed by atoms with E-state index in [0.29, 0.717) is 19.4 Å². The molecule has 1 aromatic heterocycles. The summed E-state index contributed by atoms with van der Waals surface area (Å²) in [5.74, 6) is 0.0395. The third-order valence-corrected chi connectivity index (χ3v) is 3.65. The number of nitrogens with two attached hydrogens (primary N) is 1. The second-order valence-corrected chi connectivity index (χ2v) is 5.16. The predicted octanol–water partition coefficient (Wildman–Crippen LogP) is 1.92. The molecule has 114 valence electrons. The fraction of sp³-hybridized carbons (Fsp3) is 0.500. The smallest absolute Gasteiger partial charge is 0.155 e. The maximum atomic E-state index is 12.2. The second-order valence-electron chi connectivity index (χ2n) is 5.16. The first-order valence-corrected chi connectivity index (χ1v) is 7.39. The SMILES string of the molecule is CCn1nc(CC(=O)C(N)CCCOC)c2ccccc21. The summed E-state index contributed by atoms with van der Waals surface area (Å²) in [5.41, 5.74) is 7.83. The number of ether oxygens (including phenoxy) is 1. The Balaban J connectivity index is 2.10. The van der Waals surface area contributed by atoms with E-state index in [9.17, 15) is 4.79 Å².